The van der Waals surface area contributed by atoms with Crippen molar-refractivity contribution in [2.24, 2.45) is 10.2 Å². The molecule has 1 aliphatic heterocycles. The van der Waals surface area contributed by atoms with E-state index in [1.54, 1.807) is 0 Å². The molecule has 2 amide bonds. The van der Waals surface area contributed by atoms with Gasteiger partial charge >= 0.3 is 5.97 Å². The van der Waals surface area contributed by atoms with E-state index in [1.807, 2.05) is 9.82 Å². The summed E-state index contributed by atoms with van der Waals surface area (Å²) in [6.45, 7) is 0.744. The van der Waals surface area contributed by atoms with E-state index >= 15 is 0 Å². The first kappa shape index (κ1) is 38.4. The third-order valence-corrected chi connectivity index (χ3v) is 4.51. The Kier molecular flexibility index (Phi) is 14.9. The van der Waals surface area contributed by atoms with Crippen LogP contribution in [0.1, 0.15) is 47.9 Å². The van der Waals surface area contributed by atoms with E-state index < -0.39 is 92.6 Å². The number of ketones is 1. The van der Waals surface area contributed by atoms with Gasteiger partial charge in [0.1, 0.15) is 16.9 Å². The summed E-state index contributed by atoms with van der Waals surface area (Å²) in [5.41, 5.74) is 9.81. The van der Waals surface area contributed by atoms with Crippen molar-refractivity contribution in [3.8, 4) is 0 Å². The van der Waals surface area contributed by atoms with Gasteiger partial charge in [0.05, 0.1) is 10.9 Å². The maximum atomic E-state index is 13.7. The number of azide groups is 2. The minimum Gasteiger partial charge on any atom is -0.325 e. The van der Waals surface area contributed by atoms with Crippen LogP contribution < -0.4 is 0 Å². The maximum Gasteiger partial charge on any atom is 0.370 e. The minimum atomic E-state index is -2.20. The number of hydrogen-bond acceptors (Lipinski definition) is 7. The molecule has 0 aromatic heterocycles. The molecule has 1 aliphatic rings. The first-order valence-corrected chi connectivity index (χ1v) is 11.2. The molecule has 1 saturated heterocycles. The molecule has 0 N–H and O–H groups in total. The zero-order valence-electron chi connectivity index (χ0n) is 20.1. The monoisotopic (exact) mass is 665 g/mol. The fraction of sp³-hybridized carbons (Fsp3) is 0.238. The first-order chi connectivity index (χ1) is 19.6. The SMILES string of the molecule is C.CC(=O)c1c(F)c(F)c(N=[N+]=[N-])c(F)c1F.ClCCl.[N-]=[N+]=Nc1c(F)c(F)c(C(=O)ON2C(=O)CCC2=O)c(F)c1F. The van der Waals surface area contributed by atoms with Crippen molar-refractivity contribution in [3.63, 3.8) is 0 Å². The van der Waals surface area contributed by atoms with Gasteiger partial charge < -0.3 is 4.84 Å². The maximum absolute atomic E-state index is 13.7. The lowest BCUT2D eigenvalue weighted by molar-refractivity contribution is -0.172. The predicted molar refractivity (Wildman–Crippen MR) is 130 cm³/mol. The van der Waals surface area contributed by atoms with Gasteiger partial charge in [-0.1, -0.05) is 17.7 Å². The number of hydrogen-bond donors (Lipinski definition) is 0. The summed E-state index contributed by atoms with van der Waals surface area (Å²) in [5.74, 6) is -21.3. The lowest BCUT2D eigenvalue weighted by atomic mass is 10.1. The topological polar surface area (TPSA) is 178 Å². The highest BCUT2D eigenvalue weighted by Crippen LogP contribution is 2.32. The highest BCUT2D eigenvalue weighted by molar-refractivity contribution is 6.40. The second-order valence-corrected chi connectivity index (χ2v) is 7.76. The van der Waals surface area contributed by atoms with Gasteiger partial charge in [0.2, 0.25) is 0 Å². The normalized spacial score (nSPS) is 11.6. The number of amides is 2. The van der Waals surface area contributed by atoms with Crippen LogP contribution in [0.3, 0.4) is 0 Å². The number of imide groups is 1. The molecule has 0 aliphatic carbocycles. The van der Waals surface area contributed by atoms with Crippen molar-refractivity contribution in [1.82, 2.24) is 5.06 Å². The molecule has 232 valence electrons. The van der Waals surface area contributed by atoms with E-state index in [2.05, 4.69) is 15.1 Å². The average Bonchev–Trinajstić information content (AvgIpc) is 3.24. The van der Waals surface area contributed by atoms with Crippen LogP contribution in [0.15, 0.2) is 10.2 Å². The van der Waals surface area contributed by atoms with Crippen molar-refractivity contribution in [1.29, 1.82) is 0 Å². The number of Topliss-reactive ketones (excluding diaryl/α,β-unsaturated/α-hetero) is 1. The Morgan fingerprint density at radius 2 is 1.05 bits per heavy atom. The number of alkyl halides is 2. The van der Waals surface area contributed by atoms with Crippen LogP contribution in [0.25, 0.3) is 20.9 Å². The van der Waals surface area contributed by atoms with Gasteiger partial charge in [-0.3, -0.25) is 14.4 Å². The number of rotatable bonds is 5. The van der Waals surface area contributed by atoms with Gasteiger partial charge in [-0.05, 0) is 18.0 Å². The second-order valence-electron chi connectivity index (χ2n) is 6.96. The van der Waals surface area contributed by atoms with Gasteiger partial charge in [-0.15, -0.1) is 28.3 Å². The summed E-state index contributed by atoms with van der Waals surface area (Å²) in [5, 5.41) is 5.04. The standard InChI is InChI=1S/C11H4F4N4O4.C8H3F4N3O.CH2Cl2.CH4/c12-6-5(7(13)9(15)10(8(6)14)17-18-16)11(22)23-19-3(20)1-2-4(19)21;1-2(16)3-4(9)6(11)8(14-15-13)7(12)5(3)10;2-1-3;/h1-2H2;1H3;1H2;1H4. The molecule has 1 heterocycles. The zero-order chi connectivity index (χ0) is 32.5. The van der Waals surface area contributed by atoms with Crippen molar-refractivity contribution in [3.05, 3.63) is 78.6 Å². The first-order valence-electron chi connectivity index (χ1n) is 10.2. The van der Waals surface area contributed by atoms with Crippen LogP contribution in [-0.2, 0) is 14.4 Å². The third kappa shape index (κ3) is 8.45. The third-order valence-electron chi connectivity index (χ3n) is 4.51. The summed E-state index contributed by atoms with van der Waals surface area (Å²) >= 11 is 9.53. The Morgan fingerprint density at radius 3 is 1.33 bits per heavy atom. The van der Waals surface area contributed by atoms with E-state index in [1.165, 1.54) is 0 Å². The number of hydroxylamine groups is 2. The Labute approximate surface area is 243 Å². The number of benzene rings is 2. The van der Waals surface area contributed by atoms with Crippen LogP contribution in [0, 0.1) is 46.5 Å². The van der Waals surface area contributed by atoms with E-state index in [4.69, 9.17) is 34.3 Å². The number of nitrogens with zero attached hydrogens (tertiary/aromatic N) is 7. The van der Waals surface area contributed by atoms with Crippen LogP contribution in [0.2, 0.25) is 0 Å². The molecule has 1 fully saturated rings. The molecular weight excluding hydrogens is 653 g/mol. The molecule has 0 saturated carbocycles. The summed E-state index contributed by atoms with van der Waals surface area (Å²) < 4.78 is 107. The van der Waals surface area contributed by atoms with Crippen molar-refractivity contribution in [2.45, 2.75) is 27.2 Å². The molecule has 0 unspecified atom stereocenters. The van der Waals surface area contributed by atoms with Gasteiger partial charge in [0, 0.05) is 22.7 Å². The van der Waals surface area contributed by atoms with Crippen LogP contribution in [-0.4, -0.2) is 34.0 Å². The summed E-state index contributed by atoms with van der Waals surface area (Å²) in [7, 11) is 0. The number of carbonyl (C=O) groups excluding carboxylic acids is 4. The van der Waals surface area contributed by atoms with Crippen LogP contribution in [0.5, 0.6) is 0 Å². The van der Waals surface area contributed by atoms with Gasteiger partial charge in [-0.2, -0.15) is 0 Å². The molecule has 2 aromatic rings. The minimum absolute atomic E-state index is 0. The molecule has 43 heavy (non-hydrogen) atoms. The summed E-state index contributed by atoms with van der Waals surface area (Å²) in [6, 6.07) is 0. The molecule has 0 radical (unpaired) electrons. The van der Waals surface area contributed by atoms with E-state index in [9.17, 15) is 54.3 Å². The quantitative estimate of drug-likeness (QED) is 0.0460. The zero-order valence-corrected chi connectivity index (χ0v) is 21.6. The van der Waals surface area contributed by atoms with Gasteiger partial charge in [-0.25, -0.2) is 39.9 Å². The van der Waals surface area contributed by atoms with Crippen molar-refractivity contribution in [2.75, 3.05) is 5.34 Å². The Morgan fingerprint density at radius 1 is 0.744 bits per heavy atom. The predicted octanol–water partition coefficient (Wildman–Crippen LogP) is 7.85. The smallest absolute Gasteiger partial charge is 0.325 e. The van der Waals surface area contributed by atoms with Crippen molar-refractivity contribution < 1.29 is 59.1 Å². The van der Waals surface area contributed by atoms with Gasteiger partial charge in [0.15, 0.2) is 52.3 Å². The van der Waals surface area contributed by atoms with E-state index in [0.717, 1.165) is 6.92 Å². The Bertz CT molecular complexity index is 1460. The fourth-order valence-corrected chi connectivity index (χ4v) is 2.78. The highest BCUT2D eigenvalue weighted by Gasteiger charge is 2.37. The molecule has 12 nitrogen and oxygen atoms in total. The Hall–Kier alpha value is -4.64. The largest absolute Gasteiger partial charge is 0.370 e. The molecule has 0 atom stereocenters. The van der Waals surface area contributed by atoms with E-state index in [-0.39, 0.29) is 30.7 Å². The average molecular weight is 666 g/mol. The van der Waals surface area contributed by atoms with E-state index in [0.29, 0.717) is 0 Å². The molecule has 0 bridgehead atoms. The molecular formula is C21H13Cl2F8N7O5. The molecule has 0 spiro atoms. The fourth-order valence-electron chi connectivity index (χ4n) is 2.78. The van der Waals surface area contributed by atoms with Crippen LogP contribution >= 0.6 is 23.2 Å². The number of carbonyl (C=O) groups is 4. The highest BCUT2D eigenvalue weighted by atomic mass is 35.5. The molecule has 22 heteroatoms. The number of halogens is 10. The molecule has 2 aromatic carbocycles. The molecule has 3 rings (SSSR count). The lowest BCUT2D eigenvalue weighted by Gasteiger charge is -2.14. The van der Waals surface area contributed by atoms with Gasteiger partial charge in [0.25, 0.3) is 11.8 Å². The van der Waals surface area contributed by atoms with Crippen molar-refractivity contribution >= 4 is 58.1 Å². The second kappa shape index (κ2) is 16.7. The summed E-state index contributed by atoms with van der Waals surface area (Å²) in [6.07, 6.45) is -0.592. The summed E-state index contributed by atoms with van der Waals surface area (Å²) in [4.78, 5) is 53.0. The van der Waals surface area contributed by atoms with Crippen LogP contribution in [0.4, 0.5) is 46.5 Å². The Balaban J connectivity index is 0.000000774. The lowest BCUT2D eigenvalue weighted by Crippen LogP contribution is -2.33.